The molecule has 0 unspecified atom stereocenters. The normalized spacial score (nSPS) is 13.5. The van der Waals surface area contributed by atoms with Crippen molar-refractivity contribution in [1.82, 2.24) is 9.78 Å². The average Bonchev–Trinajstić information content (AvgIpc) is 3.50. The van der Waals surface area contributed by atoms with Gasteiger partial charge >= 0.3 is 0 Å². The van der Waals surface area contributed by atoms with Crippen LogP contribution in [0.4, 0.5) is 5.69 Å². The lowest BCUT2D eigenvalue weighted by Gasteiger charge is -2.07. The Labute approximate surface area is 167 Å². The molecule has 1 amide bonds. The Kier molecular flexibility index (Phi) is 6.65. The van der Waals surface area contributed by atoms with Crippen LogP contribution in [-0.4, -0.2) is 21.6 Å². The molecule has 0 atom stereocenters. The SMILES string of the molecule is CCCCCCCc1c(C)nn(C(=O)c2ccc(NC(=O)C3CC3)cc2)c1C. The molecular weight excluding hydrogens is 350 g/mol. The van der Waals surface area contributed by atoms with Crippen molar-refractivity contribution >= 4 is 17.5 Å². The van der Waals surface area contributed by atoms with Gasteiger partial charge < -0.3 is 5.32 Å². The summed E-state index contributed by atoms with van der Waals surface area (Å²) >= 11 is 0. The third kappa shape index (κ3) is 4.89. The molecule has 1 aliphatic rings. The van der Waals surface area contributed by atoms with Crippen molar-refractivity contribution in [3.05, 3.63) is 46.8 Å². The quantitative estimate of drug-likeness (QED) is 0.618. The average molecular weight is 382 g/mol. The van der Waals surface area contributed by atoms with Crippen LogP contribution in [0.3, 0.4) is 0 Å². The number of anilines is 1. The molecule has 5 heteroatoms. The molecule has 0 bridgehead atoms. The van der Waals surface area contributed by atoms with Crippen LogP contribution in [0.2, 0.25) is 0 Å². The van der Waals surface area contributed by atoms with E-state index in [9.17, 15) is 9.59 Å². The minimum absolute atomic E-state index is 0.0706. The van der Waals surface area contributed by atoms with Gasteiger partial charge in [0.05, 0.1) is 5.69 Å². The number of nitrogens with one attached hydrogen (secondary N) is 1. The van der Waals surface area contributed by atoms with E-state index in [1.54, 1.807) is 24.3 Å². The van der Waals surface area contributed by atoms with Gasteiger partial charge in [-0.15, -0.1) is 0 Å². The summed E-state index contributed by atoms with van der Waals surface area (Å²) < 4.78 is 1.52. The van der Waals surface area contributed by atoms with Gasteiger partial charge in [0.15, 0.2) is 0 Å². The molecule has 0 saturated heterocycles. The first-order chi connectivity index (χ1) is 13.5. The lowest BCUT2D eigenvalue weighted by molar-refractivity contribution is -0.117. The standard InChI is InChI=1S/C23H31N3O2/c1-4-5-6-7-8-9-21-16(2)25-26(17(21)3)23(28)19-12-14-20(15-13-19)24-22(27)18-10-11-18/h12-15,18H,4-11H2,1-3H3,(H,24,27). The molecule has 1 fully saturated rings. The Morgan fingerprint density at radius 2 is 1.75 bits per heavy atom. The van der Waals surface area contributed by atoms with Crippen molar-refractivity contribution in [2.45, 2.75) is 72.1 Å². The molecule has 1 heterocycles. The number of hydrogen-bond acceptors (Lipinski definition) is 3. The first-order valence-corrected chi connectivity index (χ1v) is 10.5. The number of unbranched alkanes of at least 4 members (excludes halogenated alkanes) is 4. The second-order valence-electron chi connectivity index (χ2n) is 7.87. The first-order valence-electron chi connectivity index (χ1n) is 10.5. The highest BCUT2D eigenvalue weighted by Gasteiger charge is 2.29. The van der Waals surface area contributed by atoms with Crippen LogP contribution in [0.1, 0.15) is 79.2 Å². The van der Waals surface area contributed by atoms with Gasteiger partial charge in [0, 0.05) is 22.9 Å². The number of rotatable bonds is 9. The summed E-state index contributed by atoms with van der Waals surface area (Å²) in [7, 11) is 0. The van der Waals surface area contributed by atoms with E-state index in [1.165, 1.54) is 35.9 Å². The van der Waals surface area contributed by atoms with Crippen LogP contribution in [0, 0.1) is 19.8 Å². The fraction of sp³-hybridized carbons (Fsp3) is 0.522. The predicted molar refractivity (Wildman–Crippen MR) is 112 cm³/mol. The van der Waals surface area contributed by atoms with Crippen LogP contribution < -0.4 is 5.32 Å². The lowest BCUT2D eigenvalue weighted by Crippen LogP contribution is -2.16. The number of amides is 1. The third-order valence-corrected chi connectivity index (χ3v) is 5.51. The fourth-order valence-corrected chi connectivity index (χ4v) is 3.55. The number of aryl methyl sites for hydroxylation is 1. The fourth-order valence-electron chi connectivity index (χ4n) is 3.55. The van der Waals surface area contributed by atoms with Gasteiger partial charge in [0.1, 0.15) is 0 Å². The number of benzene rings is 1. The monoisotopic (exact) mass is 381 g/mol. The number of nitrogens with zero attached hydrogens (tertiary/aromatic N) is 2. The summed E-state index contributed by atoms with van der Waals surface area (Å²) in [6.45, 7) is 6.18. The molecule has 28 heavy (non-hydrogen) atoms. The zero-order valence-corrected chi connectivity index (χ0v) is 17.3. The largest absolute Gasteiger partial charge is 0.326 e. The van der Waals surface area contributed by atoms with Gasteiger partial charge in [-0.05, 0) is 69.4 Å². The topological polar surface area (TPSA) is 64.0 Å². The first kappa shape index (κ1) is 20.3. The Morgan fingerprint density at radius 1 is 1.07 bits per heavy atom. The van der Waals surface area contributed by atoms with Gasteiger partial charge in [-0.2, -0.15) is 5.10 Å². The maximum atomic E-state index is 12.9. The van der Waals surface area contributed by atoms with E-state index in [-0.39, 0.29) is 17.7 Å². The zero-order chi connectivity index (χ0) is 20.1. The highest BCUT2D eigenvalue weighted by atomic mass is 16.2. The second kappa shape index (κ2) is 9.18. The zero-order valence-electron chi connectivity index (χ0n) is 17.3. The van der Waals surface area contributed by atoms with Gasteiger partial charge in [-0.25, -0.2) is 4.68 Å². The maximum Gasteiger partial charge on any atom is 0.278 e. The van der Waals surface area contributed by atoms with Crippen LogP contribution >= 0.6 is 0 Å². The molecule has 0 spiro atoms. The number of hydrogen-bond donors (Lipinski definition) is 1. The minimum atomic E-state index is -0.127. The summed E-state index contributed by atoms with van der Waals surface area (Å²) in [6.07, 6.45) is 9.08. The van der Waals surface area contributed by atoms with Crippen molar-refractivity contribution in [1.29, 1.82) is 0 Å². The van der Waals surface area contributed by atoms with E-state index in [0.717, 1.165) is 42.8 Å². The summed E-state index contributed by atoms with van der Waals surface area (Å²) in [5.74, 6) is 0.107. The van der Waals surface area contributed by atoms with Gasteiger partial charge in [-0.1, -0.05) is 32.6 Å². The predicted octanol–water partition coefficient (Wildman–Crippen LogP) is 5.05. The Bertz CT molecular complexity index is 832. The number of carbonyl (C=O) groups is 2. The molecule has 150 valence electrons. The molecule has 5 nitrogen and oxygen atoms in total. The van der Waals surface area contributed by atoms with Crippen molar-refractivity contribution < 1.29 is 9.59 Å². The van der Waals surface area contributed by atoms with E-state index in [4.69, 9.17) is 0 Å². The number of aromatic nitrogens is 2. The van der Waals surface area contributed by atoms with Crippen LogP contribution in [0.5, 0.6) is 0 Å². The van der Waals surface area contributed by atoms with E-state index >= 15 is 0 Å². The Hall–Kier alpha value is -2.43. The van der Waals surface area contributed by atoms with Gasteiger partial charge in [-0.3, -0.25) is 9.59 Å². The van der Waals surface area contributed by atoms with Gasteiger partial charge in [0.25, 0.3) is 5.91 Å². The molecule has 1 aromatic heterocycles. The van der Waals surface area contributed by atoms with Crippen molar-refractivity contribution in [3.63, 3.8) is 0 Å². The van der Waals surface area contributed by atoms with E-state index in [1.807, 2.05) is 13.8 Å². The van der Waals surface area contributed by atoms with Crippen LogP contribution in [0.25, 0.3) is 0 Å². The summed E-state index contributed by atoms with van der Waals surface area (Å²) in [5.41, 5.74) is 4.37. The summed E-state index contributed by atoms with van der Waals surface area (Å²) in [4.78, 5) is 24.8. The molecule has 1 aliphatic carbocycles. The molecule has 1 N–H and O–H groups in total. The Balaban J connectivity index is 1.64. The molecule has 0 radical (unpaired) electrons. The summed E-state index contributed by atoms with van der Waals surface area (Å²) in [5, 5.41) is 7.40. The highest BCUT2D eigenvalue weighted by molar-refractivity contribution is 5.97. The van der Waals surface area contributed by atoms with Crippen molar-refractivity contribution in [3.8, 4) is 0 Å². The molecule has 2 aromatic rings. The van der Waals surface area contributed by atoms with E-state index < -0.39 is 0 Å². The van der Waals surface area contributed by atoms with Crippen LogP contribution in [-0.2, 0) is 11.2 Å². The smallest absolute Gasteiger partial charge is 0.278 e. The van der Waals surface area contributed by atoms with Crippen LogP contribution in [0.15, 0.2) is 24.3 Å². The molecule has 1 saturated carbocycles. The third-order valence-electron chi connectivity index (χ3n) is 5.51. The highest BCUT2D eigenvalue weighted by Crippen LogP contribution is 2.30. The maximum absolute atomic E-state index is 12.9. The van der Waals surface area contributed by atoms with Gasteiger partial charge in [0.2, 0.25) is 5.91 Å². The molecule has 0 aliphatic heterocycles. The summed E-state index contributed by atoms with van der Waals surface area (Å²) in [6, 6.07) is 7.08. The van der Waals surface area contributed by atoms with E-state index in [0.29, 0.717) is 5.56 Å². The van der Waals surface area contributed by atoms with E-state index in [2.05, 4.69) is 17.3 Å². The Morgan fingerprint density at radius 3 is 2.39 bits per heavy atom. The lowest BCUT2D eigenvalue weighted by atomic mass is 10.0. The second-order valence-corrected chi connectivity index (χ2v) is 7.87. The van der Waals surface area contributed by atoms with Crippen molar-refractivity contribution in [2.24, 2.45) is 5.92 Å². The minimum Gasteiger partial charge on any atom is -0.326 e. The molecular formula is C23H31N3O2. The number of carbonyl (C=O) groups excluding carboxylic acids is 2. The van der Waals surface area contributed by atoms with Crippen molar-refractivity contribution in [2.75, 3.05) is 5.32 Å². The molecule has 1 aromatic carbocycles. The molecule has 3 rings (SSSR count).